The molecule has 0 N–H and O–H groups in total. The van der Waals surface area contributed by atoms with Gasteiger partial charge in [-0.05, 0) is 19.1 Å². The predicted octanol–water partition coefficient (Wildman–Crippen LogP) is 3.75. The van der Waals surface area contributed by atoms with Crippen LogP contribution in [0.5, 0.6) is 5.75 Å². The van der Waals surface area contributed by atoms with E-state index >= 15 is 0 Å². The van der Waals surface area contributed by atoms with E-state index in [0.29, 0.717) is 10.0 Å². The first-order valence-electron chi connectivity index (χ1n) is 5.81. The Hall–Kier alpha value is -0.780. The quantitative estimate of drug-likeness (QED) is 0.547. The van der Waals surface area contributed by atoms with Crippen molar-refractivity contribution in [3.63, 3.8) is 0 Å². The number of ether oxygens (including phenoxy) is 2. The van der Waals surface area contributed by atoms with Crippen LogP contribution < -0.4 is 4.74 Å². The van der Waals surface area contributed by atoms with E-state index in [9.17, 15) is 9.36 Å². The Morgan fingerprint density at radius 3 is 2.48 bits per heavy atom. The summed E-state index contributed by atoms with van der Waals surface area (Å²) in [5.41, 5.74) is 0. The second kappa shape index (κ2) is 8.01. The summed E-state index contributed by atoms with van der Waals surface area (Å²) in [5.74, 6) is -1.55. The van der Waals surface area contributed by atoms with Crippen LogP contribution in [0.1, 0.15) is 6.92 Å². The third kappa shape index (κ3) is 5.16. The first-order valence-corrected chi connectivity index (χ1v) is 8.17. The molecule has 0 fully saturated rings. The van der Waals surface area contributed by atoms with Crippen molar-refractivity contribution < 1.29 is 27.9 Å². The molecule has 0 heterocycles. The zero-order valence-corrected chi connectivity index (χ0v) is 14.1. The molecular formula is C12H15Cl2O6P. The molecule has 0 saturated heterocycles. The zero-order valence-electron chi connectivity index (χ0n) is 11.7. The third-order valence-corrected chi connectivity index (χ3v) is 5.06. The Morgan fingerprint density at radius 2 is 1.90 bits per heavy atom. The van der Waals surface area contributed by atoms with Crippen molar-refractivity contribution in [2.24, 2.45) is 0 Å². The van der Waals surface area contributed by atoms with Crippen LogP contribution in [0.3, 0.4) is 0 Å². The summed E-state index contributed by atoms with van der Waals surface area (Å²) in [6.07, 6.45) is 0. The van der Waals surface area contributed by atoms with Gasteiger partial charge >= 0.3 is 13.6 Å². The van der Waals surface area contributed by atoms with E-state index in [1.165, 1.54) is 33.3 Å². The van der Waals surface area contributed by atoms with E-state index in [0.717, 1.165) is 0 Å². The average molecular weight is 357 g/mol. The molecule has 21 heavy (non-hydrogen) atoms. The van der Waals surface area contributed by atoms with Gasteiger partial charge in [0.25, 0.3) is 0 Å². The lowest BCUT2D eigenvalue weighted by atomic mass is 10.3. The molecule has 0 aliphatic heterocycles. The maximum absolute atomic E-state index is 12.0. The number of carbonyl (C=O) groups excluding carboxylic acids is 1. The Bertz CT molecular complexity index is 543. The first-order chi connectivity index (χ1) is 9.82. The average Bonchev–Trinajstić information content (AvgIpc) is 2.47. The standard InChI is InChI=1S/C12H15Cl2O6P/c1-8(21(16,17-2)18-3)20-12(15)7-19-11-6-9(13)4-5-10(11)14/h4-6,8H,7H2,1-3H3. The lowest BCUT2D eigenvalue weighted by Gasteiger charge is -2.20. The highest BCUT2D eigenvalue weighted by atomic mass is 35.5. The van der Waals surface area contributed by atoms with Crippen LogP contribution in [0.15, 0.2) is 18.2 Å². The van der Waals surface area contributed by atoms with E-state index in [2.05, 4.69) is 0 Å². The number of benzene rings is 1. The summed E-state index contributed by atoms with van der Waals surface area (Å²) >= 11 is 11.7. The minimum absolute atomic E-state index is 0.246. The summed E-state index contributed by atoms with van der Waals surface area (Å²) < 4.78 is 31.5. The Labute approximate surface area is 132 Å². The molecule has 1 unspecified atom stereocenters. The molecule has 1 rings (SSSR count). The fourth-order valence-electron chi connectivity index (χ4n) is 1.38. The second-order valence-corrected chi connectivity index (χ2v) is 7.24. The van der Waals surface area contributed by atoms with E-state index in [4.69, 9.17) is 41.7 Å². The van der Waals surface area contributed by atoms with Gasteiger partial charge in [-0.15, -0.1) is 0 Å². The molecule has 0 aromatic heterocycles. The molecule has 0 aliphatic rings. The Balaban J connectivity index is 2.59. The lowest BCUT2D eigenvalue weighted by Crippen LogP contribution is -2.21. The van der Waals surface area contributed by atoms with Crippen molar-refractivity contribution in [1.82, 2.24) is 0 Å². The third-order valence-electron chi connectivity index (χ3n) is 2.50. The van der Waals surface area contributed by atoms with E-state index in [1.807, 2.05) is 0 Å². The molecule has 0 bridgehead atoms. The summed E-state index contributed by atoms with van der Waals surface area (Å²) in [6, 6.07) is 4.59. The number of rotatable bonds is 7. The van der Waals surface area contributed by atoms with E-state index in [1.54, 1.807) is 6.07 Å². The van der Waals surface area contributed by atoms with Crippen molar-refractivity contribution in [1.29, 1.82) is 0 Å². The van der Waals surface area contributed by atoms with Gasteiger partial charge in [0.15, 0.2) is 12.5 Å². The maximum atomic E-state index is 12.0. The highest BCUT2D eigenvalue weighted by Crippen LogP contribution is 2.51. The molecule has 1 aromatic carbocycles. The van der Waals surface area contributed by atoms with Gasteiger partial charge in [0.1, 0.15) is 5.75 Å². The molecule has 1 aromatic rings. The number of halogens is 2. The smallest absolute Gasteiger partial charge is 0.370 e. The van der Waals surface area contributed by atoms with Gasteiger partial charge < -0.3 is 18.5 Å². The van der Waals surface area contributed by atoms with Crippen LogP contribution in [0.4, 0.5) is 0 Å². The molecule has 6 nitrogen and oxygen atoms in total. The van der Waals surface area contributed by atoms with Gasteiger partial charge in [-0.1, -0.05) is 23.2 Å². The molecule has 0 spiro atoms. The molecule has 9 heteroatoms. The van der Waals surface area contributed by atoms with Crippen molar-refractivity contribution >= 4 is 36.8 Å². The summed E-state index contributed by atoms with van der Waals surface area (Å²) in [6.45, 7) is 0.982. The summed E-state index contributed by atoms with van der Waals surface area (Å²) in [5, 5.41) is 0.721. The van der Waals surface area contributed by atoms with Crippen molar-refractivity contribution in [2.75, 3.05) is 20.8 Å². The summed E-state index contributed by atoms with van der Waals surface area (Å²) in [4.78, 5) is 11.6. The van der Waals surface area contributed by atoms with Crippen LogP contribution in [0.25, 0.3) is 0 Å². The maximum Gasteiger partial charge on any atom is 0.370 e. The molecular weight excluding hydrogens is 342 g/mol. The first kappa shape index (κ1) is 18.3. The molecule has 0 aliphatic carbocycles. The number of esters is 1. The SMILES string of the molecule is COP(=O)(OC)C(C)OC(=O)COc1cc(Cl)ccc1Cl. The van der Waals surface area contributed by atoms with Crippen LogP contribution >= 0.6 is 30.8 Å². The van der Waals surface area contributed by atoms with Gasteiger partial charge in [0.2, 0.25) is 0 Å². The second-order valence-electron chi connectivity index (χ2n) is 3.86. The molecule has 0 radical (unpaired) electrons. The highest BCUT2D eigenvalue weighted by molar-refractivity contribution is 7.54. The molecule has 1 atom stereocenters. The number of carbonyl (C=O) groups is 1. The van der Waals surface area contributed by atoms with Gasteiger partial charge in [0, 0.05) is 25.3 Å². The minimum atomic E-state index is -3.48. The molecule has 0 amide bonds. The fraction of sp³-hybridized carbons (Fsp3) is 0.417. The Kier molecular flexibility index (Phi) is 6.97. The van der Waals surface area contributed by atoms with Crippen LogP contribution in [-0.4, -0.2) is 32.6 Å². The predicted molar refractivity (Wildman–Crippen MR) is 79.1 cm³/mol. The van der Waals surface area contributed by atoms with E-state index < -0.39 is 26.0 Å². The van der Waals surface area contributed by atoms with Gasteiger partial charge in [-0.3, -0.25) is 4.57 Å². The van der Waals surface area contributed by atoms with Gasteiger partial charge in [0.05, 0.1) is 5.02 Å². The van der Waals surface area contributed by atoms with Gasteiger partial charge in [-0.2, -0.15) is 0 Å². The highest BCUT2D eigenvalue weighted by Gasteiger charge is 2.33. The minimum Gasteiger partial charge on any atom is -0.480 e. The fourth-order valence-corrected chi connectivity index (χ4v) is 2.71. The Morgan fingerprint density at radius 1 is 1.29 bits per heavy atom. The molecule has 118 valence electrons. The molecule has 0 saturated carbocycles. The van der Waals surface area contributed by atoms with E-state index in [-0.39, 0.29) is 5.75 Å². The van der Waals surface area contributed by atoms with Crippen LogP contribution in [0.2, 0.25) is 10.0 Å². The summed E-state index contributed by atoms with van der Waals surface area (Å²) in [7, 11) is -1.07. The number of hydrogen-bond donors (Lipinski definition) is 0. The van der Waals surface area contributed by atoms with Crippen molar-refractivity contribution in [2.45, 2.75) is 12.8 Å². The van der Waals surface area contributed by atoms with Crippen molar-refractivity contribution in [3.05, 3.63) is 28.2 Å². The monoisotopic (exact) mass is 356 g/mol. The normalized spacial score (nSPS) is 12.8. The topological polar surface area (TPSA) is 71.1 Å². The van der Waals surface area contributed by atoms with Crippen LogP contribution in [-0.2, 0) is 23.1 Å². The van der Waals surface area contributed by atoms with Gasteiger partial charge in [-0.25, -0.2) is 4.79 Å². The number of hydrogen-bond acceptors (Lipinski definition) is 6. The largest absolute Gasteiger partial charge is 0.480 e. The zero-order chi connectivity index (χ0) is 16.0. The van der Waals surface area contributed by atoms with Crippen LogP contribution in [0, 0.1) is 0 Å². The lowest BCUT2D eigenvalue weighted by molar-refractivity contribution is -0.148. The van der Waals surface area contributed by atoms with Crippen molar-refractivity contribution in [3.8, 4) is 5.75 Å².